The Kier molecular flexibility index (Phi) is 7.52. The molecule has 0 N–H and O–H groups in total. The van der Waals surface area contributed by atoms with Crippen LogP contribution in [-0.4, -0.2) is 49.3 Å². The Balaban J connectivity index is 2.85. The molecule has 0 aromatic carbocycles. The molecule has 1 aliphatic heterocycles. The second-order valence-corrected chi connectivity index (χ2v) is 5.88. The Bertz CT molecular complexity index is 289. The standard InChI is InChI=1S/C16H31NO3/c1-5-14(4)12-16(6-2,13-15(18)20-7-3)17-8-10-19-11-9-17/h14H,5-13H2,1-4H3. The first-order chi connectivity index (χ1) is 9.57. The Hall–Kier alpha value is -0.610. The Morgan fingerprint density at radius 1 is 1.30 bits per heavy atom. The minimum Gasteiger partial charge on any atom is -0.466 e. The smallest absolute Gasteiger partial charge is 0.307 e. The van der Waals surface area contributed by atoms with E-state index in [0.29, 0.717) is 18.9 Å². The first-order valence-corrected chi connectivity index (χ1v) is 8.06. The van der Waals surface area contributed by atoms with Crippen molar-refractivity contribution in [1.82, 2.24) is 4.90 Å². The SMILES string of the molecule is CCOC(=O)CC(CC)(CC(C)CC)N1CCOCC1. The molecule has 118 valence electrons. The molecule has 0 saturated carbocycles. The molecular formula is C16H31NO3. The van der Waals surface area contributed by atoms with Gasteiger partial charge in [-0.05, 0) is 25.7 Å². The lowest BCUT2D eigenvalue weighted by Crippen LogP contribution is -2.55. The summed E-state index contributed by atoms with van der Waals surface area (Å²) in [6.07, 6.45) is 3.69. The Morgan fingerprint density at radius 2 is 1.95 bits per heavy atom. The molecule has 0 amide bonds. The normalized spacial score (nSPS) is 21.2. The molecule has 4 heteroatoms. The summed E-state index contributed by atoms with van der Waals surface area (Å²) in [5.74, 6) is 0.552. The molecule has 1 heterocycles. The third-order valence-electron chi connectivity index (χ3n) is 4.54. The highest BCUT2D eigenvalue weighted by molar-refractivity contribution is 5.71. The van der Waals surface area contributed by atoms with Crippen LogP contribution < -0.4 is 0 Å². The van der Waals surface area contributed by atoms with Crippen molar-refractivity contribution < 1.29 is 14.3 Å². The van der Waals surface area contributed by atoms with Gasteiger partial charge in [-0.15, -0.1) is 0 Å². The molecule has 2 unspecified atom stereocenters. The molecule has 0 spiro atoms. The van der Waals surface area contributed by atoms with Gasteiger partial charge in [0.05, 0.1) is 26.2 Å². The summed E-state index contributed by atoms with van der Waals surface area (Å²) in [5.41, 5.74) is -0.0640. The fourth-order valence-corrected chi connectivity index (χ4v) is 3.12. The fraction of sp³-hybridized carbons (Fsp3) is 0.938. The van der Waals surface area contributed by atoms with Gasteiger partial charge in [-0.1, -0.05) is 27.2 Å². The van der Waals surface area contributed by atoms with E-state index in [-0.39, 0.29) is 11.5 Å². The summed E-state index contributed by atoms with van der Waals surface area (Å²) in [4.78, 5) is 14.5. The van der Waals surface area contributed by atoms with E-state index in [0.717, 1.165) is 45.6 Å². The van der Waals surface area contributed by atoms with Gasteiger partial charge < -0.3 is 9.47 Å². The van der Waals surface area contributed by atoms with Crippen molar-refractivity contribution >= 4 is 5.97 Å². The highest BCUT2D eigenvalue weighted by atomic mass is 16.5. The van der Waals surface area contributed by atoms with E-state index in [4.69, 9.17) is 9.47 Å². The molecule has 4 nitrogen and oxygen atoms in total. The number of hydrogen-bond donors (Lipinski definition) is 0. The molecule has 0 bridgehead atoms. The number of ether oxygens (including phenoxy) is 2. The van der Waals surface area contributed by atoms with Crippen LogP contribution in [0, 0.1) is 5.92 Å². The number of morpholine rings is 1. The fourth-order valence-electron chi connectivity index (χ4n) is 3.12. The molecule has 0 aromatic rings. The largest absolute Gasteiger partial charge is 0.466 e. The first kappa shape index (κ1) is 17.4. The van der Waals surface area contributed by atoms with Gasteiger partial charge in [-0.25, -0.2) is 0 Å². The van der Waals surface area contributed by atoms with Crippen molar-refractivity contribution in [3.63, 3.8) is 0 Å². The molecule has 1 saturated heterocycles. The van der Waals surface area contributed by atoms with Crippen molar-refractivity contribution in [1.29, 1.82) is 0 Å². The van der Waals surface area contributed by atoms with Crippen LogP contribution in [0.3, 0.4) is 0 Å². The predicted octanol–water partition coefficient (Wildman–Crippen LogP) is 2.86. The summed E-state index contributed by atoms with van der Waals surface area (Å²) >= 11 is 0. The summed E-state index contributed by atoms with van der Waals surface area (Å²) in [6, 6.07) is 0. The Labute approximate surface area is 123 Å². The molecular weight excluding hydrogens is 254 g/mol. The van der Waals surface area contributed by atoms with Crippen molar-refractivity contribution in [3.05, 3.63) is 0 Å². The van der Waals surface area contributed by atoms with Crippen LogP contribution in [-0.2, 0) is 14.3 Å². The predicted molar refractivity (Wildman–Crippen MR) is 80.7 cm³/mol. The van der Waals surface area contributed by atoms with Gasteiger partial charge in [0.25, 0.3) is 0 Å². The lowest BCUT2D eigenvalue weighted by molar-refractivity contribution is -0.148. The number of rotatable bonds is 8. The zero-order chi connectivity index (χ0) is 15.0. The van der Waals surface area contributed by atoms with Crippen LogP contribution in [0.1, 0.15) is 53.4 Å². The second-order valence-electron chi connectivity index (χ2n) is 5.88. The number of carbonyl (C=O) groups is 1. The quantitative estimate of drug-likeness (QED) is 0.643. The maximum absolute atomic E-state index is 12.0. The van der Waals surface area contributed by atoms with Crippen LogP contribution in [0.25, 0.3) is 0 Å². The van der Waals surface area contributed by atoms with E-state index in [1.807, 2.05) is 6.92 Å². The van der Waals surface area contributed by atoms with E-state index in [2.05, 4.69) is 25.7 Å². The zero-order valence-corrected chi connectivity index (χ0v) is 13.6. The van der Waals surface area contributed by atoms with Crippen LogP contribution >= 0.6 is 0 Å². The van der Waals surface area contributed by atoms with E-state index >= 15 is 0 Å². The number of esters is 1. The van der Waals surface area contributed by atoms with Gasteiger partial charge in [-0.2, -0.15) is 0 Å². The topological polar surface area (TPSA) is 38.8 Å². The van der Waals surface area contributed by atoms with Gasteiger partial charge in [0, 0.05) is 18.6 Å². The van der Waals surface area contributed by atoms with Crippen LogP contribution in [0.2, 0.25) is 0 Å². The van der Waals surface area contributed by atoms with Crippen LogP contribution in [0.5, 0.6) is 0 Å². The van der Waals surface area contributed by atoms with Crippen molar-refractivity contribution in [2.45, 2.75) is 58.9 Å². The van der Waals surface area contributed by atoms with Crippen molar-refractivity contribution in [3.8, 4) is 0 Å². The minimum atomic E-state index is -0.0656. The summed E-state index contributed by atoms with van der Waals surface area (Å²) in [5, 5.41) is 0. The third kappa shape index (κ3) is 4.74. The van der Waals surface area contributed by atoms with Gasteiger partial charge in [0.2, 0.25) is 0 Å². The Morgan fingerprint density at radius 3 is 2.45 bits per heavy atom. The maximum Gasteiger partial charge on any atom is 0.307 e. The van der Waals surface area contributed by atoms with Gasteiger partial charge in [0.1, 0.15) is 0 Å². The van der Waals surface area contributed by atoms with Crippen LogP contribution in [0.15, 0.2) is 0 Å². The van der Waals surface area contributed by atoms with Crippen molar-refractivity contribution in [2.75, 3.05) is 32.9 Å². The number of nitrogens with zero attached hydrogens (tertiary/aromatic N) is 1. The molecule has 0 aliphatic carbocycles. The summed E-state index contributed by atoms with van der Waals surface area (Å²) < 4.78 is 10.7. The van der Waals surface area contributed by atoms with E-state index in [1.165, 1.54) is 0 Å². The van der Waals surface area contributed by atoms with Crippen LogP contribution in [0.4, 0.5) is 0 Å². The minimum absolute atomic E-state index is 0.0640. The summed E-state index contributed by atoms with van der Waals surface area (Å²) in [6.45, 7) is 12.4. The number of hydrogen-bond acceptors (Lipinski definition) is 4. The zero-order valence-electron chi connectivity index (χ0n) is 13.6. The lowest BCUT2D eigenvalue weighted by Gasteiger charge is -2.46. The average molecular weight is 285 g/mol. The van der Waals surface area contributed by atoms with Gasteiger partial charge >= 0.3 is 5.97 Å². The molecule has 2 atom stereocenters. The molecule has 1 fully saturated rings. The van der Waals surface area contributed by atoms with Crippen molar-refractivity contribution in [2.24, 2.45) is 5.92 Å². The van der Waals surface area contributed by atoms with E-state index < -0.39 is 0 Å². The molecule has 0 radical (unpaired) electrons. The molecule has 1 rings (SSSR count). The highest BCUT2D eigenvalue weighted by Gasteiger charge is 2.39. The molecule has 20 heavy (non-hydrogen) atoms. The maximum atomic E-state index is 12.0. The first-order valence-electron chi connectivity index (χ1n) is 8.06. The van der Waals surface area contributed by atoms with Gasteiger partial charge in [-0.3, -0.25) is 9.69 Å². The monoisotopic (exact) mass is 285 g/mol. The second kappa shape index (κ2) is 8.63. The molecule has 0 aromatic heterocycles. The third-order valence-corrected chi connectivity index (χ3v) is 4.54. The van der Waals surface area contributed by atoms with Gasteiger partial charge in [0.15, 0.2) is 0 Å². The lowest BCUT2D eigenvalue weighted by atomic mass is 9.80. The van der Waals surface area contributed by atoms with E-state index in [1.54, 1.807) is 0 Å². The number of carbonyl (C=O) groups excluding carboxylic acids is 1. The average Bonchev–Trinajstić information content (AvgIpc) is 2.47. The summed E-state index contributed by atoms with van der Waals surface area (Å²) in [7, 11) is 0. The highest BCUT2D eigenvalue weighted by Crippen LogP contribution is 2.33. The van der Waals surface area contributed by atoms with E-state index in [9.17, 15) is 4.79 Å². The molecule has 1 aliphatic rings.